The van der Waals surface area contributed by atoms with E-state index in [2.05, 4.69) is 0 Å². The van der Waals surface area contributed by atoms with E-state index in [1.165, 1.54) is 25.4 Å². The van der Waals surface area contributed by atoms with E-state index in [1.807, 2.05) is 0 Å². The van der Waals surface area contributed by atoms with Crippen LogP contribution in [0.1, 0.15) is 19.8 Å². The molecular weight excluding hydrogens is 368 g/mol. The fraction of sp³-hybridized carbons (Fsp3) is 0.467. The number of esters is 1. The topological polar surface area (TPSA) is 123 Å². The maximum Gasteiger partial charge on any atom is 0.372 e. The number of ether oxygens (including phenoxy) is 2. The molecule has 140 valence electrons. The van der Waals surface area contributed by atoms with E-state index < -0.39 is 41.8 Å². The normalized spacial score (nSPS) is 28.3. The lowest BCUT2D eigenvalue weighted by atomic mass is 10.1. The van der Waals surface area contributed by atoms with Crippen LogP contribution in [0, 0.1) is 0 Å². The Morgan fingerprint density at radius 2 is 2.15 bits per heavy atom. The third-order valence-corrected chi connectivity index (χ3v) is 5.11. The molecule has 1 aromatic heterocycles. The highest BCUT2D eigenvalue weighted by atomic mass is 32.1. The Labute approximate surface area is 151 Å². The van der Waals surface area contributed by atoms with E-state index >= 15 is 0 Å². The molecule has 0 radical (unpaired) electrons. The second kappa shape index (κ2) is 6.34. The lowest BCUT2D eigenvalue weighted by Crippen LogP contribution is -2.63. The van der Waals surface area contributed by atoms with Gasteiger partial charge in [-0.1, -0.05) is 0 Å². The minimum absolute atomic E-state index is 0.180. The monoisotopic (exact) mass is 384 g/mol. The summed E-state index contributed by atoms with van der Waals surface area (Å²) in [5.41, 5.74) is -4.19. The van der Waals surface area contributed by atoms with Crippen molar-refractivity contribution in [2.75, 3.05) is 18.6 Å². The first kappa shape index (κ1) is 18.3. The van der Waals surface area contributed by atoms with Crippen LogP contribution in [-0.2, 0) is 33.5 Å². The summed E-state index contributed by atoms with van der Waals surface area (Å²) < 4.78 is 10.3. The summed E-state index contributed by atoms with van der Waals surface area (Å²) in [4.78, 5) is 55.1. The maximum absolute atomic E-state index is 13.1. The van der Waals surface area contributed by atoms with Gasteiger partial charge >= 0.3 is 23.6 Å². The third-order valence-electron chi connectivity index (χ3n) is 4.26. The predicted octanol–water partition coefficient (Wildman–Crippen LogP) is 0.335. The highest BCUT2D eigenvalue weighted by Gasteiger charge is 2.65. The Morgan fingerprint density at radius 1 is 1.42 bits per heavy atom. The van der Waals surface area contributed by atoms with Crippen molar-refractivity contribution in [1.82, 2.24) is 5.06 Å². The van der Waals surface area contributed by atoms with Gasteiger partial charge in [-0.3, -0.25) is 24.1 Å². The van der Waals surface area contributed by atoms with Crippen molar-refractivity contribution in [2.24, 2.45) is 0 Å². The van der Waals surface area contributed by atoms with Crippen LogP contribution in [-0.4, -0.2) is 59.1 Å². The van der Waals surface area contributed by atoms with Gasteiger partial charge < -0.3 is 14.6 Å². The number of aliphatic carboxylic acids is 1. The van der Waals surface area contributed by atoms with Crippen molar-refractivity contribution in [3.63, 3.8) is 0 Å². The van der Waals surface area contributed by atoms with E-state index in [0.717, 1.165) is 4.90 Å². The van der Waals surface area contributed by atoms with Crippen molar-refractivity contribution in [1.29, 1.82) is 0 Å². The molecule has 3 rings (SSSR count). The van der Waals surface area contributed by atoms with Gasteiger partial charge in [-0.15, -0.1) is 11.3 Å². The second-order valence-electron chi connectivity index (χ2n) is 5.73. The SMILES string of the molecule is COC1(N(C(C)=O)c2cccs2)CON(C2(C(=O)O)CCC(=O)O2)C1=O. The van der Waals surface area contributed by atoms with Crippen LogP contribution in [0.15, 0.2) is 17.5 Å². The number of carbonyl (C=O) groups is 4. The molecule has 2 saturated heterocycles. The number of thiophene rings is 1. The Morgan fingerprint density at radius 3 is 2.62 bits per heavy atom. The predicted molar refractivity (Wildman–Crippen MR) is 85.7 cm³/mol. The van der Waals surface area contributed by atoms with Crippen molar-refractivity contribution < 1.29 is 38.6 Å². The molecule has 11 heteroatoms. The number of carboxylic acid groups (broad SMARTS) is 1. The molecule has 2 fully saturated rings. The zero-order chi connectivity index (χ0) is 19.1. The van der Waals surface area contributed by atoms with E-state index in [4.69, 9.17) is 14.3 Å². The maximum atomic E-state index is 13.1. The van der Waals surface area contributed by atoms with Crippen LogP contribution < -0.4 is 4.90 Å². The number of carbonyl (C=O) groups excluding carboxylic acids is 3. The van der Waals surface area contributed by atoms with Gasteiger partial charge in [0.15, 0.2) is 0 Å². The van der Waals surface area contributed by atoms with Gasteiger partial charge in [-0.2, -0.15) is 5.06 Å². The average Bonchev–Trinajstić information content (AvgIpc) is 3.29. The number of anilines is 1. The summed E-state index contributed by atoms with van der Waals surface area (Å²) in [5, 5.41) is 12.2. The van der Waals surface area contributed by atoms with E-state index in [1.54, 1.807) is 17.5 Å². The fourth-order valence-electron chi connectivity index (χ4n) is 3.02. The van der Waals surface area contributed by atoms with Crippen LogP contribution in [0.25, 0.3) is 0 Å². The largest absolute Gasteiger partial charge is 0.477 e. The quantitative estimate of drug-likeness (QED) is 0.569. The second-order valence-corrected chi connectivity index (χ2v) is 6.66. The molecule has 26 heavy (non-hydrogen) atoms. The van der Waals surface area contributed by atoms with Crippen LogP contribution in [0.3, 0.4) is 0 Å². The number of hydrogen-bond donors (Lipinski definition) is 1. The van der Waals surface area contributed by atoms with Crippen molar-refractivity contribution in [3.8, 4) is 0 Å². The molecule has 1 N–H and O–H groups in total. The molecule has 0 saturated carbocycles. The number of nitrogens with zero attached hydrogens (tertiary/aromatic N) is 2. The van der Waals surface area contributed by atoms with E-state index in [9.17, 15) is 24.3 Å². The molecule has 3 heterocycles. The number of rotatable bonds is 5. The molecule has 10 nitrogen and oxygen atoms in total. The molecule has 0 aromatic carbocycles. The summed E-state index contributed by atoms with van der Waals surface area (Å²) in [6.07, 6.45) is -0.452. The van der Waals surface area contributed by atoms with Crippen LogP contribution in [0.4, 0.5) is 5.00 Å². The summed E-state index contributed by atoms with van der Waals surface area (Å²) in [6.45, 7) is 0.797. The fourth-order valence-corrected chi connectivity index (χ4v) is 3.86. The molecular formula is C15H16N2O8S. The molecule has 2 aliphatic heterocycles. The molecule has 1 aromatic rings. The lowest BCUT2D eigenvalue weighted by molar-refractivity contribution is -0.256. The number of hydroxylamine groups is 2. The van der Waals surface area contributed by atoms with Gasteiger partial charge in [0.1, 0.15) is 11.6 Å². The summed E-state index contributed by atoms with van der Waals surface area (Å²) >= 11 is 1.20. The molecule has 2 amide bonds. The molecule has 2 atom stereocenters. The third kappa shape index (κ3) is 2.47. The zero-order valence-electron chi connectivity index (χ0n) is 14.0. The first-order valence-electron chi connectivity index (χ1n) is 7.61. The standard InChI is InChI=1S/C15H16N2O8S/c1-9(18)16(10-4-3-7-26-10)15(23-2)8-24-17(12(15)20)14(13(21)22)6-5-11(19)25-14/h3-4,7H,5-6,8H2,1-2H3,(H,21,22). The van der Waals surface area contributed by atoms with Gasteiger partial charge in [0, 0.05) is 20.5 Å². The first-order chi connectivity index (χ1) is 12.3. The minimum Gasteiger partial charge on any atom is -0.477 e. The Balaban J connectivity index is 2.03. The van der Waals surface area contributed by atoms with Crippen LogP contribution >= 0.6 is 11.3 Å². The van der Waals surface area contributed by atoms with Crippen LogP contribution in [0.5, 0.6) is 0 Å². The van der Waals surface area contributed by atoms with Gasteiger partial charge in [0.2, 0.25) is 5.91 Å². The van der Waals surface area contributed by atoms with Gasteiger partial charge in [0.25, 0.3) is 5.72 Å². The lowest BCUT2D eigenvalue weighted by Gasteiger charge is -2.36. The molecule has 0 spiro atoms. The smallest absolute Gasteiger partial charge is 0.372 e. The number of amides is 2. The van der Waals surface area contributed by atoms with Crippen molar-refractivity contribution in [3.05, 3.63) is 17.5 Å². The number of cyclic esters (lactones) is 1. The Bertz CT molecular complexity index is 766. The zero-order valence-corrected chi connectivity index (χ0v) is 14.8. The molecule has 0 aliphatic carbocycles. The first-order valence-corrected chi connectivity index (χ1v) is 8.49. The molecule has 2 aliphatic rings. The van der Waals surface area contributed by atoms with E-state index in [0.29, 0.717) is 10.1 Å². The van der Waals surface area contributed by atoms with Crippen LogP contribution in [0.2, 0.25) is 0 Å². The van der Waals surface area contributed by atoms with E-state index in [-0.39, 0.29) is 12.8 Å². The average molecular weight is 384 g/mol. The summed E-state index contributed by atoms with van der Waals surface area (Å²) in [5.74, 6) is -3.75. The molecule has 0 bridgehead atoms. The minimum atomic E-state index is -2.29. The number of carboxylic acids is 1. The Hall–Kier alpha value is -2.50. The summed E-state index contributed by atoms with van der Waals surface area (Å²) in [7, 11) is 1.21. The Kier molecular flexibility index (Phi) is 4.46. The van der Waals surface area contributed by atoms with Gasteiger partial charge in [-0.25, -0.2) is 4.79 Å². The highest BCUT2D eigenvalue weighted by molar-refractivity contribution is 7.14. The number of hydrogen-bond acceptors (Lipinski definition) is 8. The number of methoxy groups -OCH3 is 1. The van der Waals surface area contributed by atoms with Crippen molar-refractivity contribution in [2.45, 2.75) is 31.2 Å². The summed E-state index contributed by atoms with van der Waals surface area (Å²) in [6, 6.07) is 3.31. The van der Waals surface area contributed by atoms with Crippen molar-refractivity contribution >= 4 is 40.1 Å². The van der Waals surface area contributed by atoms with Gasteiger partial charge in [-0.05, 0) is 17.5 Å². The van der Waals surface area contributed by atoms with Gasteiger partial charge in [0.05, 0.1) is 6.42 Å². The highest BCUT2D eigenvalue weighted by Crippen LogP contribution is 2.40. The molecule has 2 unspecified atom stereocenters.